The van der Waals surface area contributed by atoms with E-state index in [2.05, 4.69) is 43.8 Å². The number of aromatic nitrogens is 1. The van der Waals surface area contributed by atoms with Gasteiger partial charge in [0.2, 0.25) is 0 Å². The average molecular weight is 394 g/mol. The Balaban J connectivity index is 3.00. The third-order valence-electron chi connectivity index (χ3n) is 2.93. The van der Waals surface area contributed by atoms with Crippen LogP contribution < -0.4 is 4.74 Å². The van der Waals surface area contributed by atoms with Gasteiger partial charge in [-0.25, -0.2) is 0 Å². The zero-order valence-corrected chi connectivity index (χ0v) is 14.2. The van der Waals surface area contributed by atoms with Crippen LogP contribution in [0.1, 0.15) is 18.2 Å². The molecule has 0 radical (unpaired) electrons. The Kier molecular flexibility index (Phi) is 4.19. The number of ether oxygens (including phenoxy) is 1. The fourth-order valence-electron chi connectivity index (χ4n) is 1.98. The third-order valence-corrected chi connectivity index (χ3v) is 4.59. The van der Waals surface area contributed by atoms with Gasteiger partial charge in [0.15, 0.2) is 0 Å². The van der Waals surface area contributed by atoms with Gasteiger partial charge in [-0.15, -0.1) is 0 Å². The van der Waals surface area contributed by atoms with Crippen LogP contribution in [0.15, 0.2) is 15.0 Å². The topological polar surface area (TPSA) is 22.1 Å². The lowest BCUT2D eigenvalue weighted by Crippen LogP contribution is -1.98. The molecule has 5 heteroatoms. The Labute approximate surface area is 128 Å². The van der Waals surface area contributed by atoms with E-state index in [0.717, 1.165) is 43.3 Å². The molecule has 0 saturated carbocycles. The van der Waals surface area contributed by atoms with Gasteiger partial charge < -0.3 is 4.74 Å². The number of halogens is 3. The van der Waals surface area contributed by atoms with Crippen LogP contribution in [-0.4, -0.2) is 12.1 Å². The van der Waals surface area contributed by atoms with Crippen molar-refractivity contribution in [2.75, 3.05) is 7.11 Å². The Hall–Kier alpha value is -0.320. The standard InChI is InChI=1S/C13H12Br2ClNO/c1-4-9-6(2)11(16)10-12(17-9)7(14)5-8(15)13(10)18-3/h5H,4H2,1-3H3. The van der Waals surface area contributed by atoms with Gasteiger partial charge in [0.25, 0.3) is 0 Å². The molecule has 0 spiro atoms. The second-order valence-electron chi connectivity index (χ2n) is 3.95. The van der Waals surface area contributed by atoms with E-state index < -0.39 is 0 Å². The van der Waals surface area contributed by atoms with E-state index >= 15 is 0 Å². The lowest BCUT2D eigenvalue weighted by Gasteiger charge is -2.14. The van der Waals surface area contributed by atoms with Gasteiger partial charge >= 0.3 is 0 Å². The maximum absolute atomic E-state index is 6.48. The summed E-state index contributed by atoms with van der Waals surface area (Å²) in [5.41, 5.74) is 2.86. The zero-order chi connectivity index (χ0) is 13.4. The Bertz CT molecular complexity index is 628. The molecule has 96 valence electrons. The molecule has 0 bridgehead atoms. The molecule has 0 fully saturated rings. The fourth-order valence-corrected chi connectivity index (χ4v) is 3.68. The maximum atomic E-state index is 6.48. The van der Waals surface area contributed by atoms with Gasteiger partial charge in [-0.05, 0) is 56.8 Å². The summed E-state index contributed by atoms with van der Waals surface area (Å²) >= 11 is 13.5. The summed E-state index contributed by atoms with van der Waals surface area (Å²) in [6.07, 6.45) is 0.853. The molecule has 2 nitrogen and oxygen atoms in total. The lowest BCUT2D eigenvalue weighted by atomic mass is 10.1. The summed E-state index contributed by atoms with van der Waals surface area (Å²) in [5, 5.41) is 1.55. The first kappa shape index (κ1) is 14.1. The SMILES string of the molecule is CCc1nc2c(Br)cc(Br)c(OC)c2c(Cl)c1C. The molecule has 0 unspecified atom stereocenters. The summed E-state index contributed by atoms with van der Waals surface area (Å²) in [6.45, 7) is 4.06. The molecule has 1 heterocycles. The van der Waals surface area contributed by atoms with Gasteiger partial charge in [-0.2, -0.15) is 0 Å². The van der Waals surface area contributed by atoms with Crippen LogP contribution in [0, 0.1) is 6.92 Å². The summed E-state index contributed by atoms with van der Waals surface area (Å²) in [5.74, 6) is 0.719. The van der Waals surface area contributed by atoms with Crippen molar-refractivity contribution in [1.82, 2.24) is 4.98 Å². The minimum Gasteiger partial charge on any atom is -0.495 e. The number of rotatable bonds is 2. The number of hydrogen-bond acceptors (Lipinski definition) is 2. The molecule has 1 aromatic carbocycles. The highest BCUT2D eigenvalue weighted by Gasteiger charge is 2.18. The second-order valence-corrected chi connectivity index (χ2v) is 6.03. The first-order chi connectivity index (χ1) is 8.51. The van der Waals surface area contributed by atoms with E-state index in [1.807, 2.05) is 13.0 Å². The first-order valence-corrected chi connectivity index (χ1v) is 7.48. The van der Waals surface area contributed by atoms with Crippen molar-refractivity contribution in [1.29, 1.82) is 0 Å². The van der Waals surface area contributed by atoms with E-state index in [-0.39, 0.29) is 0 Å². The molecule has 2 rings (SSSR count). The Morgan fingerprint density at radius 1 is 1.33 bits per heavy atom. The van der Waals surface area contributed by atoms with Crippen molar-refractivity contribution in [3.8, 4) is 5.75 Å². The fraction of sp³-hybridized carbons (Fsp3) is 0.308. The van der Waals surface area contributed by atoms with Gasteiger partial charge in [-0.1, -0.05) is 18.5 Å². The van der Waals surface area contributed by atoms with E-state index in [4.69, 9.17) is 16.3 Å². The van der Waals surface area contributed by atoms with Gasteiger partial charge in [-0.3, -0.25) is 4.98 Å². The molecule has 0 atom stereocenters. The summed E-state index contributed by atoms with van der Waals surface area (Å²) in [7, 11) is 1.63. The molecule has 0 aliphatic rings. The number of hydrogen-bond donors (Lipinski definition) is 0. The van der Waals surface area contributed by atoms with Crippen LogP contribution in [0.4, 0.5) is 0 Å². The molecule has 0 aliphatic carbocycles. The predicted octanol–water partition coefficient (Wildman–Crippen LogP) is 5.29. The summed E-state index contributed by atoms with van der Waals surface area (Å²) < 4.78 is 7.19. The molecule has 0 aliphatic heterocycles. The lowest BCUT2D eigenvalue weighted by molar-refractivity contribution is 0.417. The Morgan fingerprint density at radius 3 is 2.56 bits per heavy atom. The number of aryl methyl sites for hydroxylation is 1. The molecule has 2 aromatic rings. The van der Waals surface area contributed by atoms with Crippen LogP contribution in [0.3, 0.4) is 0 Å². The van der Waals surface area contributed by atoms with Crippen LogP contribution in [0.5, 0.6) is 5.75 Å². The van der Waals surface area contributed by atoms with Crippen molar-refractivity contribution in [2.45, 2.75) is 20.3 Å². The molecule has 0 N–H and O–H groups in total. The monoisotopic (exact) mass is 391 g/mol. The van der Waals surface area contributed by atoms with Crippen LogP contribution in [0.25, 0.3) is 10.9 Å². The number of fused-ring (bicyclic) bond motifs is 1. The van der Waals surface area contributed by atoms with E-state index in [1.54, 1.807) is 7.11 Å². The van der Waals surface area contributed by atoms with Crippen molar-refractivity contribution >= 4 is 54.4 Å². The molecule has 0 saturated heterocycles. The molecular formula is C13H12Br2ClNO. The minimum absolute atomic E-state index is 0.704. The largest absolute Gasteiger partial charge is 0.495 e. The number of pyridine rings is 1. The number of benzene rings is 1. The van der Waals surface area contributed by atoms with E-state index in [0.29, 0.717) is 5.02 Å². The number of nitrogens with zero attached hydrogens (tertiary/aromatic N) is 1. The number of methoxy groups -OCH3 is 1. The van der Waals surface area contributed by atoms with E-state index in [9.17, 15) is 0 Å². The second kappa shape index (κ2) is 5.35. The van der Waals surface area contributed by atoms with Crippen molar-refractivity contribution in [3.63, 3.8) is 0 Å². The summed E-state index contributed by atoms with van der Waals surface area (Å²) in [6, 6.07) is 1.93. The van der Waals surface area contributed by atoms with Crippen molar-refractivity contribution < 1.29 is 4.74 Å². The highest BCUT2D eigenvalue weighted by molar-refractivity contribution is 9.11. The van der Waals surface area contributed by atoms with Gasteiger partial charge in [0.1, 0.15) is 5.75 Å². The van der Waals surface area contributed by atoms with Gasteiger partial charge in [0.05, 0.1) is 27.5 Å². The normalized spacial score (nSPS) is 11.0. The van der Waals surface area contributed by atoms with Crippen LogP contribution in [-0.2, 0) is 6.42 Å². The molecule has 1 aromatic heterocycles. The average Bonchev–Trinajstić information content (AvgIpc) is 2.34. The third kappa shape index (κ3) is 2.15. The van der Waals surface area contributed by atoms with Crippen molar-refractivity contribution in [2.24, 2.45) is 0 Å². The smallest absolute Gasteiger partial charge is 0.144 e. The highest BCUT2D eigenvalue weighted by Crippen LogP contribution is 2.42. The minimum atomic E-state index is 0.704. The zero-order valence-electron chi connectivity index (χ0n) is 10.3. The van der Waals surface area contributed by atoms with Crippen LogP contribution >= 0.6 is 43.5 Å². The molecule has 0 amide bonds. The maximum Gasteiger partial charge on any atom is 0.144 e. The van der Waals surface area contributed by atoms with Crippen molar-refractivity contribution in [3.05, 3.63) is 31.3 Å². The highest BCUT2D eigenvalue weighted by atomic mass is 79.9. The predicted molar refractivity (Wildman–Crippen MR) is 82.8 cm³/mol. The Morgan fingerprint density at radius 2 is 2.00 bits per heavy atom. The van der Waals surface area contributed by atoms with Crippen LogP contribution in [0.2, 0.25) is 5.02 Å². The molecular weight excluding hydrogens is 381 g/mol. The van der Waals surface area contributed by atoms with Gasteiger partial charge in [0, 0.05) is 10.2 Å². The molecule has 18 heavy (non-hydrogen) atoms. The van der Waals surface area contributed by atoms with E-state index in [1.165, 1.54) is 0 Å². The quantitative estimate of drug-likeness (QED) is 0.691. The summed E-state index contributed by atoms with van der Waals surface area (Å²) in [4.78, 5) is 4.67. The first-order valence-electron chi connectivity index (χ1n) is 5.51.